The van der Waals surface area contributed by atoms with Gasteiger partial charge in [0.05, 0.1) is 11.3 Å². The molecule has 2 N–H and O–H groups in total. The lowest BCUT2D eigenvalue weighted by molar-refractivity contribution is -0.0442. The zero-order valence-electron chi connectivity index (χ0n) is 12.8. The summed E-state index contributed by atoms with van der Waals surface area (Å²) < 4.78 is 7.49. The molecule has 112 valence electrons. The molecule has 5 heteroatoms. The summed E-state index contributed by atoms with van der Waals surface area (Å²) in [5, 5.41) is 0. The predicted molar refractivity (Wildman–Crippen MR) is 79.8 cm³/mol. The first-order valence-electron chi connectivity index (χ1n) is 7.18. The lowest BCUT2D eigenvalue weighted by Gasteiger charge is -2.39. The van der Waals surface area contributed by atoms with E-state index in [1.54, 1.807) is 13.2 Å². The van der Waals surface area contributed by atoms with Gasteiger partial charge in [0.1, 0.15) is 5.69 Å². The zero-order chi connectivity index (χ0) is 14.9. The predicted octanol–water partition coefficient (Wildman–Crippen LogP) is 2.29. The molecule has 2 heterocycles. The number of aromatic nitrogens is 1. The first-order chi connectivity index (χ1) is 9.36. The fourth-order valence-corrected chi connectivity index (χ4v) is 2.81. The van der Waals surface area contributed by atoms with Crippen LogP contribution >= 0.6 is 0 Å². The van der Waals surface area contributed by atoms with Gasteiger partial charge in [-0.15, -0.1) is 0 Å². The number of likely N-dealkylation sites (tertiary alicyclic amines) is 1. The molecule has 0 bridgehead atoms. The Morgan fingerprint density at radius 2 is 2.20 bits per heavy atom. The minimum Gasteiger partial charge on any atom is -0.397 e. The highest BCUT2D eigenvalue weighted by molar-refractivity contribution is 5.94. The van der Waals surface area contributed by atoms with Crippen LogP contribution in [0.1, 0.15) is 50.1 Å². The van der Waals surface area contributed by atoms with Crippen molar-refractivity contribution in [1.82, 2.24) is 9.47 Å². The second-order valence-corrected chi connectivity index (χ2v) is 6.14. The summed E-state index contributed by atoms with van der Waals surface area (Å²) in [4.78, 5) is 14.6. The molecule has 1 atom stereocenters. The number of nitrogens with two attached hydrogens (primary N) is 1. The third-order valence-corrected chi connectivity index (χ3v) is 4.08. The summed E-state index contributed by atoms with van der Waals surface area (Å²) in [6.45, 7) is 7.56. The SMILES string of the molecule is COC1(C)CCCN(C(=O)c2cc(N)cn2C(C)C)C1. The van der Waals surface area contributed by atoms with Gasteiger partial charge in [0, 0.05) is 32.4 Å². The maximum absolute atomic E-state index is 12.7. The highest BCUT2D eigenvalue weighted by Crippen LogP contribution is 2.26. The number of carbonyl (C=O) groups is 1. The van der Waals surface area contributed by atoms with Crippen molar-refractivity contribution in [3.8, 4) is 0 Å². The van der Waals surface area contributed by atoms with E-state index in [0.717, 1.165) is 19.4 Å². The molecule has 1 saturated heterocycles. The summed E-state index contributed by atoms with van der Waals surface area (Å²) in [6.07, 6.45) is 3.78. The third kappa shape index (κ3) is 2.82. The van der Waals surface area contributed by atoms with E-state index < -0.39 is 0 Å². The van der Waals surface area contributed by atoms with Crippen LogP contribution in [-0.4, -0.2) is 41.2 Å². The van der Waals surface area contributed by atoms with Crippen molar-refractivity contribution in [1.29, 1.82) is 0 Å². The van der Waals surface area contributed by atoms with Gasteiger partial charge in [0.15, 0.2) is 0 Å². The van der Waals surface area contributed by atoms with Crippen molar-refractivity contribution in [2.45, 2.75) is 45.3 Å². The lowest BCUT2D eigenvalue weighted by atomic mass is 9.94. The summed E-state index contributed by atoms with van der Waals surface area (Å²) in [5.41, 5.74) is 6.90. The number of hydrogen-bond donors (Lipinski definition) is 1. The Labute approximate surface area is 120 Å². The molecule has 1 amide bonds. The Bertz CT molecular complexity index is 495. The minimum absolute atomic E-state index is 0.0402. The number of nitrogen functional groups attached to an aromatic ring is 1. The van der Waals surface area contributed by atoms with Gasteiger partial charge in [0.25, 0.3) is 5.91 Å². The number of methoxy groups -OCH3 is 1. The van der Waals surface area contributed by atoms with Crippen molar-refractivity contribution < 1.29 is 9.53 Å². The van der Waals surface area contributed by atoms with E-state index in [0.29, 0.717) is 17.9 Å². The Balaban J connectivity index is 2.23. The van der Waals surface area contributed by atoms with Gasteiger partial charge in [-0.05, 0) is 39.7 Å². The molecule has 20 heavy (non-hydrogen) atoms. The van der Waals surface area contributed by atoms with Crippen molar-refractivity contribution >= 4 is 11.6 Å². The van der Waals surface area contributed by atoms with Crippen molar-refractivity contribution in [2.24, 2.45) is 0 Å². The number of carbonyl (C=O) groups excluding carboxylic acids is 1. The number of anilines is 1. The zero-order valence-corrected chi connectivity index (χ0v) is 12.8. The molecule has 1 unspecified atom stereocenters. The molecule has 0 spiro atoms. The molecule has 1 aromatic heterocycles. The van der Waals surface area contributed by atoms with Crippen LogP contribution in [0.25, 0.3) is 0 Å². The van der Waals surface area contributed by atoms with Crippen LogP contribution in [0.3, 0.4) is 0 Å². The van der Waals surface area contributed by atoms with E-state index >= 15 is 0 Å². The average Bonchev–Trinajstić information content (AvgIpc) is 2.80. The molecule has 1 aromatic rings. The topological polar surface area (TPSA) is 60.5 Å². The summed E-state index contributed by atoms with van der Waals surface area (Å²) in [6, 6.07) is 1.98. The highest BCUT2D eigenvalue weighted by atomic mass is 16.5. The quantitative estimate of drug-likeness (QED) is 0.923. The summed E-state index contributed by atoms with van der Waals surface area (Å²) in [5.74, 6) is 0.0402. The standard InChI is InChI=1S/C15H25N3O2/c1-11(2)18-9-12(16)8-13(18)14(19)17-7-5-6-15(3,10-17)20-4/h8-9,11H,5-7,10,16H2,1-4H3. The molecular formula is C15H25N3O2. The minimum atomic E-state index is -0.241. The smallest absolute Gasteiger partial charge is 0.270 e. The van der Waals surface area contributed by atoms with Gasteiger partial charge in [-0.2, -0.15) is 0 Å². The van der Waals surface area contributed by atoms with Crippen LogP contribution in [0, 0.1) is 0 Å². The number of rotatable bonds is 3. The van der Waals surface area contributed by atoms with Gasteiger partial charge in [-0.3, -0.25) is 4.79 Å². The molecule has 0 radical (unpaired) electrons. The van der Waals surface area contributed by atoms with E-state index in [1.165, 1.54) is 0 Å². The first kappa shape index (κ1) is 14.9. The van der Waals surface area contributed by atoms with Crippen LogP contribution in [-0.2, 0) is 4.74 Å². The molecule has 2 rings (SSSR count). The second-order valence-electron chi connectivity index (χ2n) is 6.14. The summed E-state index contributed by atoms with van der Waals surface area (Å²) in [7, 11) is 1.71. The van der Waals surface area contributed by atoms with Crippen LogP contribution in [0.2, 0.25) is 0 Å². The van der Waals surface area contributed by atoms with Gasteiger partial charge < -0.3 is 19.9 Å². The maximum atomic E-state index is 12.7. The highest BCUT2D eigenvalue weighted by Gasteiger charge is 2.34. The van der Waals surface area contributed by atoms with Gasteiger partial charge in [-0.25, -0.2) is 0 Å². The van der Waals surface area contributed by atoms with Crippen LogP contribution in [0.15, 0.2) is 12.3 Å². The molecule has 1 aliphatic heterocycles. The number of ether oxygens (including phenoxy) is 1. The Hall–Kier alpha value is -1.49. The molecular weight excluding hydrogens is 254 g/mol. The van der Waals surface area contributed by atoms with Crippen LogP contribution < -0.4 is 5.73 Å². The monoisotopic (exact) mass is 279 g/mol. The molecule has 5 nitrogen and oxygen atoms in total. The molecule has 0 aliphatic carbocycles. The second kappa shape index (κ2) is 5.48. The Morgan fingerprint density at radius 1 is 1.50 bits per heavy atom. The van der Waals surface area contributed by atoms with Crippen LogP contribution in [0.5, 0.6) is 0 Å². The maximum Gasteiger partial charge on any atom is 0.270 e. The van der Waals surface area contributed by atoms with Gasteiger partial charge >= 0.3 is 0 Å². The van der Waals surface area contributed by atoms with Gasteiger partial charge in [-0.1, -0.05) is 0 Å². The van der Waals surface area contributed by atoms with E-state index in [4.69, 9.17) is 10.5 Å². The van der Waals surface area contributed by atoms with Crippen molar-refractivity contribution in [3.05, 3.63) is 18.0 Å². The van der Waals surface area contributed by atoms with Crippen molar-refractivity contribution in [2.75, 3.05) is 25.9 Å². The molecule has 0 aromatic carbocycles. The average molecular weight is 279 g/mol. The van der Waals surface area contributed by atoms with E-state index in [-0.39, 0.29) is 17.6 Å². The Kier molecular flexibility index (Phi) is 4.09. The molecule has 1 aliphatic rings. The Morgan fingerprint density at radius 3 is 2.80 bits per heavy atom. The molecule has 0 saturated carbocycles. The van der Waals surface area contributed by atoms with E-state index in [9.17, 15) is 4.79 Å². The van der Waals surface area contributed by atoms with Crippen LogP contribution in [0.4, 0.5) is 5.69 Å². The third-order valence-electron chi connectivity index (χ3n) is 4.08. The number of amides is 1. The first-order valence-corrected chi connectivity index (χ1v) is 7.18. The van der Waals surface area contributed by atoms with Crippen molar-refractivity contribution in [3.63, 3.8) is 0 Å². The van der Waals surface area contributed by atoms with E-state index in [1.807, 2.05) is 29.5 Å². The number of hydrogen-bond acceptors (Lipinski definition) is 3. The normalized spacial score (nSPS) is 23.4. The summed E-state index contributed by atoms with van der Waals surface area (Å²) >= 11 is 0. The number of piperidine rings is 1. The lowest BCUT2D eigenvalue weighted by Crippen LogP contribution is -2.50. The molecule has 1 fully saturated rings. The van der Waals surface area contributed by atoms with E-state index in [2.05, 4.69) is 6.92 Å². The fraction of sp³-hybridized carbons (Fsp3) is 0.667. The number of nitrogens with zero attached hydrogens (tertiary/aromatic N) is 2. The fourth-order valence-electron chi connectivity index (χ4n) is 2.81. The van der Waals surface area contributed by atoms with Gasteiger partial charge in [0.2, 0.25) is 0 Å². The largest absolute Gasteiger partial charge is 0.397 e.